The highest BCUT2D eigenvalue weighted by Crippen LogP contribution is 2.32. The third-order valence-electron chi connectivity index (χ3n) is 3.44. The van der Waals surface area contributed by atoms with Crippen LogP contribution >= 0.6 is 23.5 Å². The molecule has 1 N–H and O–H groups in total. The van der Waals surface area contributed by atoms with Crippen LogP contribution in [0.5, 0.6) is 0 Å². The highest BCUT2D eigenvalue weighted by molar-refractivity contribution is 7.99. The Labute approximate surface area is 118 Å². The van der Waals surface area contributed by atoms with E-state index in [1.165, 1.54) is 19.3 Å². The fraction of sp³-hybridized carbons (Fsp3) is 0.500. The Morgan fingerprint density at radius 1 is 1.33 bits per heavy atom. The molecule has 1 aliphatic rings. The SMILES string of the molecule is CSc1cccc(NC2CCC(SC)C2)c1C#N. The smallest absolute Gasteiger partial charge is 0.102 e. The standard InChI is InChI=1S/C14H18N2S2/c1-17-11-7-6-10(8-11)16-13-4-3-5-14(18-2)12(13)9-15/h3-5,10-11,16H,6-8H2,1-2H3. The Bertz CT molecular complexity index is 454. The lowest BCUT2D eigenvalue weighted by Gasteiger charge is -2.16. The molecule has 0 saturated heterocycles. The summed E-state index contributed by atoms with van der Waals surface area (Å²) in [5, 5.41) is 13.6. The summed E-state index contributed by atoms with van der Waals surface area (Å²) >= 11 is 3.59. The van der Waals surface area contributed by atoms with E-state index in [9.17, 15) is 5.26 Å². The monoisotopic (exact) mass is 278 g/mol. The van der Waals surface area contributed by atoms with Crippen LogP contribution in [0.15, 0.2) is 23.1 Å². The molecule has 2 nitrogen and oxygen atoms in total. The number of nitrogens with one attached hydrogen (secondary N) is 1. The number of nitriles is 1. The maximum atomic E-state index is 9.30. The second-order valence-corrected chi connectivity index (χ2v) is 6.49. The van der Waals surface area contributed by atoms with Gasteiger partial charge in [-0.25, -0.2) is 0 Å². The van der Waals surface area contributed by atoms with E-state index in [-0.39, 0.29) is 0 Å². The van der Waals surface area contributed by atoms with Gasteiger partial charge in [0.05, 0.1) is 11.3 Å². The highest BCUT2D eigenvalue weighted by Gasteiger charge is 2.24. The van der Waals surface area contributed by atoms with Crippen LogP contribution in [0, 0.1) is 11.3 Å². The maximum absolute atomic E-state index is 9.30. The quantitative estimate of drug-likeness (QED) is 0.845. The van der Waals surface area contributed by atoms with E-state index < -0.39 is 0 Å². The van der Waals surface area contributed by atoms with Crippen molar-refractivity contribution in [2.24, 2.45) is 0 Å². The number of nitrogens with zero attached hydrogens (tertiary/aromatic N) is 1. The summed E-state index contributed by atoms with van der Waals surface area (Å²) in [6.45, 7) is 0. The van der Waals surface area contributed by atoms with Crippen LogP contribution in [0.25, 0.3) is 0 Å². The molecular weight excluding hydrogens is 260 g/mol. The minimum Gasteiger partial charge on any atom is -0.381 e. The van der Waals surface area contributed by atoms with Gasteiger partial charge in [0.2, 0.25) is 0 Å². The van der Waals surface area contributed by atoms with Gasteiger partial charge in [0.25, 0.3) is 0 Å². The van der Waals surface area contributed by atoms with E-state index in [4.69, 9.17) is 0 Å². The summed E-state index contributed by atoms with van der Waals surface area (Å²) < 4.78 is 0. The van der Waals surface area contributed by atoms with Gasteiger partial charge >= 0.3 is 0 Å². The molecule has 4 heteroatoms. The average Bonchev–Trinajstić information content (AvgIpc) is 2.86. The van der Waals surface area contributed by atoms with Gasteiger partial charge in [0.1, 0.15) is 6.07 Å². The molecular formula is C14H18N2S2. The van der Waals surface area contributed by atoms with Crippen molar-refractivity contribution in [1.29, 1.82) is 5.26 Å². The summed E-state index contributed by atoms with van der Waals surface area (Å²) in [4.78, 5) is 1.06. The molecule has 96 valence electrons. The predicted molar refractivity (Wildman–Crippen MR) is 81.5 cm³/mol. The molecule has 1 aromatic rings. The number of rotatable bonds is 4. The molecule has 2 atom stereocenters. The molecule has 1 fully saturated rings. The average molecular weight is 278 g/mol. The van der Waals surface area contributed by atoms with Gasteiger partial charge in [0, 0.05) is 16.2 Å². The van der Waals surface area contributed by atoms with E-state index in [1.54, 1.807) is 11.8 Å². The lowest BCUT2D eigenvalue weighted by Crippen LogP contribution is -2.16. The van der Waals surface area contributed by atoms with Gasteiger partial charge in [-0.05, 0) is 43.9 Å². The third kappa shape index (κ3) is 2.96. The summed E-state index contributed by atoms with van der Waals surface area (Å²) in [6, 6.07) is 8.90. The normalized spacial score (nSPS) is 22.7. The van der Waals surface area contributed by atoms with Crippen LogP contribution in [0.2, 0.25) is 0 Å². The molecule has 0 bridgehead atoms. The Balaban J connectivity index is 2.13. The first-order chi connectivity index (χ1) is 8.78. The fourth-order valence-corrected chi connectivity index (χ4v) is 3.81. The van der Waals surface area contributed by atoms with Gasteiger partial charge in [0.15, 0.2) is 0 Å². The van der Waals surface area contributed by atoms with Gasteiger partial charge in [-0.1, -0.05) is 6.07 Å². The first-order valence-corrected chi connectivity index (χ1v) is 8.66. The minimum absolute atomic E-state index is 0.520. The van der Waals surface area contributed by atoms with Crippen LogP contribution in [-0.4, -0.2) is 23.8 Å². The van der Waals surface area contributed by atoms with Crippen LogP contribution in [0.3, 0.4) is 0 Å². The molecule has 1 aliphatic carbocycles. The van der Waals surface area contributed by atoms with Crippen molar-refractivity contribution in [3.05, 3.63) is 23.8 Å². The highest BCUT2D eigenvalue weighted by atomic mass is 32.2. The second-order valence-electron chi connectivity index (χ2n) is 4.51. The predicted octanol–water partition coefficient (Wildman–Crippen LogP) is 3.98. The largest absolute Gasteiger partial charge is 0.381 e. The number of benzene rings is 1. The molecule has 2 unspecified atom stereocenters. The molecule has 0 heterocycles. The zero-order valence-corrected chi connectivity index (χ0v) is 12.4. The van der Waals surface area contributed by atoms with Crippen molar-refractivity contribution in [3.8, 4) is 6.07 Å². The van der Waals surface area contributed by atoms with Crippen molar-refractivity contribution in [1.82, 2.24) is 0 Å². The van der Waals surface area contributed by atoms with Crippen molar-refractivity contribution in [2.45, 2.75) is 35.4 Å². The molecule has 1 saturated carbocycles. The van der Waals surface area contributed by atoms with Crippen molar-refractivity contribution in [2.75, 3.05) is 17.8 Å². The summed E-state index contributed by atoms with van der Waals surface area (Å²) in [5.74, 6) is 0. The molecule has 2 rings (SSSR count). The Morgan fingerprint density at radius 3 is 2.78 bits per heavy atom. The molecule has 0 spiro atoms. The van der Waals surface area contributed by atoms with Crippen LogP contribution in [0.1, 0.15) is 24.8 Å². The Hall–Kier alpha value is -0.790. The van der Waals surface area contributed by atoms with E-state index in [0.717, 1.165) is 21.4 Å². The molecule has 0 aromatic heterocycles. The van der Waals surface area contributed by atoms with Crippen molar-refractivity contribution >= 4 is 29.2 Å². The lowest BCUT2D eigenvalue weighted by molar-refractivity contribution is 0.756. The molecule has 18 heavy (non-hydrogen) atoms. The summed E-state index contributed by atoms with van der Waals surface area (Å²) in [6.07, 6.45) is 7.89. The minimum atomic E-state index is 0.520. The van der Waals surface area contributed by atoms with Crippen molar-refractivity contribution < 1.29 is 0 Å². The van der Waals surface area contributed by atoms with Gasteiger partial charge in [-0.3, -0.25) is 0 Å². The first-order valence-electron chi connectivity index (χ1n) is 6.15. The fourth-order valence-electron chi connectivity index (χ4n) is 2.44. The number of anilines is 1. The van der Waals surface area contributed by atoms with Gasteiger partial charge in [-0.15, -0.1) is 11.8 Å². The van der Waals surface area contributed by atoms with Gasteiger partial charge < -0.3 is 5.32 Å². The third-order valence-corrected chi connectivity index (χ3v) is 5.31. The molecule has 1 aromatic carbocycles. The molecule has 0 aliphatic heterocycles. The first kappa shape index (κ1) is 13.6. The van der Waals surface area contributed by atoms with E-state index in [2.05, 4.69) is 17.6 Å². The van der Waals surface area contributed by atoms with E-state index >= 15 is 0 Å². The molecule has 0 amide bonds. The van der Waals surface area contributed by atoms with Crippen LogP contribution in [0.4, 0.5) is 5.69 Å². The maximum Gasteiger partial charge on any atom is 0.102 e. The number of thioether (sulfide) groups is 2. The van der Waals surface area contributed by atoms with Crippen LogP contribution < -0.4 is 5.32 Å². The second kappa shape index (κ2) is 6.40. The summed E-state index contributed by atoms with van der Waals surface area (Å²) in [5.41, 5.74) is 1.79. The number of hydrogen-bond acceptors (Lipinski definition) is 4. The van der Waals surface area contributed by atoms with Crippen LogP contribution in [-0.2, 0) is 0 Å². The summed E-state index contributed by atoms with van der Waals surface area (Å²) in [7, 11) is 0. The number of hydrogen-bond donors (Lipinski definition) is 1. The topological polar surface area (TPSA) is 35.8 Å². The zero-order valence-electron chi connectivity index (χ0n) is 10.8. The lowest BCUT2D eigenvalue weighted by atomic mass is 10.1. The van der Waals surface area contributed by atoms with Gasteiger partial charge in [-0.2, -0.15) is 17.0 Å². The van der Waals surface area contributed by atoms with E-state index in [0.29, 0.717) is 6.04 Å². The van der Waals surface area contributed by atoms with E-state index in [1.807, 2.05) is 36.2 Å². The van der Waals surface area contributed by atoms with Crippen molar-refractivity contribution in [3.63, 3.8) is 0 Å². The Kier molecular flexibility index (Phi) is 4.85. The zero-order chi connectivity index (χ0) is 13.0. The Morgan fingerprint density at radius 2 is 2.17 bits per heavy atom. The molecule has 0 radical (unpaired) electrons.